The van der Waals surface area contributed by atoms with Crippen LogP contribution in [0.5, 0.6) is 0 Å². The number of rotatable bonds is 2. The van der Waals surface area contributed by atoms with Gasteiger partial charge in [0, 0.05) is 5.92 Å². The third kappa shape index (κ3) is 2.27. The molecule has 78 valence electrons. The summed E-state index contributed by atoms with van der Waals surface area (Å²) in [6.45, 7) is 0. The Labute approximate surface area is 89.2 Å². The number of benzene rings is 1. The van der Waals surface area contributed by atoms with Crippen molar-refractivity contribution in [2.45, 2.75) is 25.2 Å². The van der Waals surface area contributed by atoms with E-state index in [2.05, 4.69) is 12.2 Å². The highest BCUT2D eigenvalue weighted by Crippen LogP contribution is 2.27. The molecular weight excluding hydrogens is 188 g/mol. The number of hydrogen-bond acceptors (Lipinski definition) is 1. The molecule has 0 aliphatic heterocycles. The van der Waals surface area contributed by atoms with Crippen molar-refractivity contribution in [3.8, 4) is 0 Å². The van der Waals surface area contributed by atoms with Gasteiger partial charge in [0.25, 0.3) is 0 Å². The first-order chi connectivity index (χ1) is 7.27. The molecule has 1 N–H and O–H groups in total. The van der Waals surface area contributed by atoms with Crippen LogP contribution < -0.4 is 0 Å². The summed E-state index contributed by atoms with van der Waals surface area (Å²) in [4.78, 5) is 10.7. The van der Waals surface area contributed by atoms with Crippen molar-refractivity contribution < 1.29 is 9.90 Å². The summed E-state index contributed by atoms with van der Waals surface area (Å²) in [6.07, 6.45) is 7.99. The lowest BCUT2D eigenvalue weighted by Crippen LogP contribution is -2.01. The average molecular weight is 202 g/mol. The first-order valence-electron chi connectivity index (χ1n) is 5.27. The van der Waals surface area contributed by atoms with Crippen LogP contribution in [0.3, 0.4) is 0 Å². The SMILES string of the molecule is O=C(O)c1ccc([C@@H]2C=CCCC2)cc1. The van der Waals surface area contributed by atoms with Crippen LogP contribution in [0, 0.1) is 0 Å². The monoisotopic (exact) mass is 202 g/mol. The van der Waals surface area contributed by atoms with E-state index in [1.807, 2.05) is 12.1 Å². The van der Waals surface area contributed by atoms with Gasteiger partial charge < -0.3 is 5.11 Å². The molecule has 0 unspecified atom stereocenters. The van der Waals surface area contributed by atoms with Crippen molar-refractivity contribution >= 4 is 5.97 Å². The molecule has 1 aromatic rings. The van der Waals surface area contributed by atoms with Crippen LogP contribution in [0.1, 0.15) is 41.1 Å². The zero-order valence-electron chi connectivity index (χ0n) is 8.52. The molecule has 0 aromatic heterocycles. The molecule has 0 saturated heterocycles. The minimum Gasteiger partial charge on any atom is -0.478 e. The quantitative estimate of drug-likeness (QED) is 0.748. The molecule has 0 saturated carbocycles. The van der Waals surface area contributed by atoms with Crippen molar-refractivity contribution in [1.29, 1.82) is 0 Å². The maximum absolute atomic E-state index is 10.7. The molecule has 1 atom stereocenters. The van der Waals surface area contributed by atoms with E-state index in [1.165, 1.54) is 24.8 Å². The van der Waals surface area contributed by atoms with Gasteiger partial charge in [-0.05, 0) is 37.0 Å². The second-order valence-electron chi connectivity index (χ2n) is 3.89. The molecule has 1 aliphatic rings. The van der Waals surface area contributed by atoms with Gasteiger partial charge in [-0.1, -0.05) is 24.3 Å². The van der Waals surface area contributed by atoms with Crippen LogP contribution in [-0.4, -0.2) is 11.1 Å². The van der Waals surface area contributed by atoms with Gasteiger partial charge in [0.2, 0.25) is 0 Å². The normalized spacial score (nSPS) is 20.1. The van der Waals surface area contributed by atoms with Gasteiger partial charge in [-0.25, -0.2) is 4.79 Å². The van der Waals surface area contributed by atoms with Crippen LogP contribution in [0.2, 0.25) is 0 Å². The first kappa shape index (κ1) is 9.97. The summed E-state index contributed by atoms with van der Waals surface area (Å²) >= 11 is 0. The standard InChI is InChI=1S/C13H14O2/c14-13(15)12-8-6-11(7-9-12)10-4-2-1-3-5-10/h2,4,6-10H,1,3,5H2,(H,14,15)/t10-/m1/s1. The zero-order valence-corrected chi connectivity index (χ0v) is 8.52. The van der Waals surface area contributed by atoms with Crippen molar-refractivity contribution in [2.24, 2.45) is 0 Å². The highest BCUT2D eigenvalue weighted by atomic mass is 16.4. The molecule has 1 aromatic carbocycles. The molecule has 15 heavy (non-hydrogen) atoms. The molecular formula is C13H14O2. The Bertz CT molecular complexity index is 376. The number of carbonyl (C=O) groups is 1. The lowest BCUT2D eigenvalue weighted by molar-refractivity contribution is 0.0697. The first-order valence-corrected chi connectivity index (χ1v) is 5.27. The smallest absolute Gasteiger partial charge is 0.335 e. The van der Waals surface area contributed by atoms with E-state index in [0.717, 1.165) is 0 Å². The van der Waals surface area contributed by atoms with Gasteiger partial charge in [-0.2, -0.15) is 0 Å². The summed E-state index contributed by atoms with van der Waals surface area (Å²) in [6, 6.07) is 7.20. The Kier molecular flexibility index (Phi) is 2.86. The molecule has 0 heterocycles. The van der Waals surface area contributed by atoms with Crippen molar-refractivity contribution in [1.82, 2.24) is 0 Å². The summed E-state index contributed by atoms with van der Waals surface area (Å²) in [5.41, 5.74) is 1.58. The van der Waals surface area contributed by atoms with Gasteiger partial charge in [-0.15, -0.1) is 0 Å². The lowest BCUT2D eigenvalue weighted by atomic mass is 9.89. The molecule has 0 bridgehead atoms. The highest BCUT2D eigenvalue weighted by Gasteiger charge is 2.11. The molecule has 2 heteroatoms. The predicted molar refractivity (Wildman–Crippen MR) is 59.1 cm³/mol. The summed E-state index contributed by atoms with van der Waals surface area (Å²) in [7, 11) is 0. The molecule has 0 fully saturated rings. The number of carboxylic acids is 1. The van der Waals surface area contributed by atoms with Crippen LogP contribution in [0.4, 0.5) is 0 Å². The Balaban J connectivity index is 2.19. The van der Waals surface area contributed by atoms with Gasteiger partial charge in [0.15, 0.2) is 0 Å². The van der Waals surface area contributed by atoms with E-state index in [-0.39, 0.29) is 0 Å². The molecule has 2 nitrogen and oxygen atoms in total. The van der Waals surface area contributed by atoms with Crippen molar-refractivity contribution in [3.05, 3.63) is 47.5 Å². The zero-order chi connectivity index (χ0) is 10.7. The highest BCUT2D eigenvalue weighted by molar-refractivity contribution is 5.87. The average Bonchev–Trinajstić information content (AvgIpc) is 2.30. The summed E-state index contributed by atoms with van der Waals surface area (Å²) in [5, 5.41) is 8.77. The van der Waals surface area contributed by atoms with Crippen LogP contribution in [0.15, 0.2) is 36.4 Å². The van der Waals surface area contributed by atoms with E-state index >= 15 is 0 Å². The minimum absolute atomic E-state index is 0.360. The van der Waals surface area contributed by atoms with Gasteiger partial charge in [0.05, 0.1) is 5.56 Å². The summed E-state index contributed by atoms with van der Waals surface area (Å²) < 4.78 is 0. The predicted octanol–water partition coefficient (Wildman–Crippen LogP) is 3.21. The third-order valence-corrected chi connectivity index (χ3v) is 2.84. The molecule has 0 amide bonds. The number of aromatic carboxylic acids is 1. The van der Waals surface area contributed by atoms with Crippen molar-refractivity contribution in [3.63, 3.8) is 0 Å². The maximum atomic E-state index is 10.7. The minimum atomic E-state index is -0.860. The lowest BCUT2D eigenvalue weighted by Gasteiger charge is -2.16. The van der Waals surface area contributed by atoms with Crippen LogP contribution in [-0.2, 0) is 0 Å². The third-order valence-electron chi connectivity index (χ3n) is 2.84. The number of carboxylic acid groups (broad SMARTS) is 1. The van der Waals surface area contributed by atoms with Crippen LogP contribution >= 0.6 is 0 Å². The second-order valence-corrected chi connectivity index (χ2v) is 3.89. The van der Waals surface area contributed by atoms with E-state index < -0.39 is 5.97 Å². The topological polar surface area (TPSA) is 37.3 Å². The van der Waals surface area contributed by atoms with Gasteiger partial charge in [0.1, 0.15) is 0 Å². The Morgan fingerprint density at radius 1 is 1.27 bits per heavy atom. The molecule has 0 radical (unpaired) electrons. The van der Waals surface area contributed by atoms with Crippen LogP contribution in [0.25, 0.3) is 0 Å². The van der Waals surface area contributed by atoms with E-state index in [0.29, 0.717) is 11.5 Å². The van der Waals surface area contributed by atoms with Gasteiger partial charge in [-0.3, -0.25) is 0 Å². The van der Waals surface area contributed by atoms with Crippen molar-refractivity contribution in [2.75, 3.05) is 0 Å². The Hall–Kier alpha value is -1.57. The Morgan fingerprint density at radius 3 is 2.53 bits per heavy atom. The van der Waals surface area contributed by atoms with Gasteiger partial charge >= 0.3 is 5.97 Å². The second kappa shape index (κ2) is 4.30. The molecule has 0 spiro atoms. The Morgan fingerprint density at radius 2 is 2.00 bits per heavy atom. The fourth-order valence-electron chi connectivity index (χ4n) is 1.96. The largest absolute Gasteiger partial charge is 0.478 e. The number of hydrogen-bond donors (Lipinski definition) is 1. The maximum Gasteiger partial charge on any atom is 0.335 e. The fourth-order valence-corrected chi connectivity index (χ4v) is 1.96. The molecule has 1 aliphatic carbocycles. The molecule has 2 rings (SSSR count). The number of allylic oxidation sites excluding steroid dienone is 2. The van der Waals surface area contributed by atoms with E-state index in [4.69, 9.17) is 5.11 Å². The summed E-state index contributed by atoms with van der Waals surface area (Å²) in [5.74, 6) is -0.387. The van der Waals surface area contributed by atoms with E-state index in [9.17, 15) is 4.79 Å². The van der Waals surface area contributed by atoms with E-state index in [1.54, 1.807) is 12.1 Å². The fraction of sp³-hybridized carbons (Fsp3) is 0.308.